The van der Waals surface area contributed by atoms with E-state index < -0.39 is 5.54 Å². The molecule has 0 amide bonds. The summed E-state index contributed by atoms with van der Waals surface area (Å²) in [6, 6.07) is 1.08. The molecule has 17 heavy (non-hydrogen) atoms. The smallest absolute Gasteiger partial charge is 0.0609 e. The normalized spacial score (nSPS) is 24.9. The van der Waals surface area contributed by atoms with Crippen LogP contribution < -0.4 is 5.73 Å². The van der Waals surface area contributed by atoms with Crippen molar-refractivity contribution in [1.29, 1.82) is 0 Å². The fourth-order valence-corrected chi connectivity index (χ4v) is 2.65. The van der Waals surface area contributed by atoms with Gasteiger partial charge in [-0.05, 0) is 60.3 Å². The lowest BCUT2D eigenvalue weighted by atomic mass is 9.93. The minimum atomic E-state index is -0.459. The number of hydrogen-bond donors (Lipinski definition) is 2. The highest BCUT2D eigenvalue weighted by molar-refractivity contribution is 4.86. The van der Waals surface area contributed by atoms with Gasteiger partial charge >= 0.3 is 0 Å². The van der Waals surface area contributed by atoms with Crippen LogP contribution in [0.4, 0.5) is 0 Å². The highest BCUT2D eigenvalue weighted by atomic mass is 16.3. The monoisotopic (exact) mass is 243 g/mol. The van der Waals surface area contributed by atoms with Crippen LogP contribution in [0, 0.1) is 0 Å². The second-order valence-corrected chi connectivity index (χ2v) is 6.07. The Balaban J connectivity index is 2.43. The second-order valence-electron chi connectivity index (χ2n) is 6.07. The molecular formula is C13H29N3O. The number of nitrogens with two attached hydrogens (primary N) is 1. The highest BCUT2D eigenvalue weighted by Crippen LogP contribution is 2.20. The number of aliphatic hydroxyl groups excluding tert-OH is 1. The minimum absolute atomic E-state index is 0.0542. The summed E-state index contributed by atoms with van der Waals surface area (Å²) in [6.45, 7) is 6.55. The first kappa shape index (κ1) is 14.9. The molecule has 0 radical (unpaired) electrons. The van der Waals surface area contributed by atoms with Crippen LogP contribution in [0.15, 0.2) is 0 Å². The Kier molecular flexibility index (Phi) is 5.38. The minimum Gasteiger partial charge on any atom is -0.394 e. The molecule has 0 aromatic carbocycles. The van der Waals surface area contributed by atoms with E-state index in [0.29, 0.717) is 12.1 Å². The van der Waals surface area contributed by atoms with Gasteiger partial charge in [0.15, 0.2) is 0 Å². The predicted octanol–water partition coefficient (Wildman–Crippen LogP) is 0.501. The molecule has 2 atom stereocenters. The number of aliphatic hydroxyl groups is 1. The van der Waals surface area contributed by atoms with Gasteiger partial charge in [-0.25, -0.2) is 0 Å². The van der Waals surface area contributed by atoms with Gasteiger partial charge in [0.1, 0.15) is 0 Å². The molecule has 1 aliphatic rings. The number of likely N-dealkylation sites (tertiary alicyclic amines) is 1. The third-order valence-corrected chi connectivity index (χ3v) is 4.08. The van der Waals surface area contributed by atoms with Crippen molar-refractivity contribution in [2.75, 3.05) is 33.8 Å². The van der Waals surface area contributed by atoms with Crippen LogP contribution in [0.5, 0.6) is 0 Å². The van der Waals surface area contributed by atoms with Crippen molar-refractivity contribution in [1.82, 2.24) is 9.80 Å². The molecule has 0 spiro atoms. The molecule has 0 saturated carbocycles. The summed E-state index contributed by atoms with van der Waals surface area (Å²) >= 11 is 0. The van der Waals surface area contributed by atoms with Gasteiger partial charge in [0.05, 0.1) is 6.61 Å². The summed E-state index contributed by atoms with van der Waals surface area (Å²) < 4.78 is 0. The predicted molar refractivity (Wildman–Crippen MR) is 72.0 cm³/mol. The molecule has 0 bridgehead atoms. The van der Waals surface area contributed by atoms with E-state index in [2.05, 4.69) is 30.8 Å². The molecule has 0 aliphatic carbocycles. The van der Waals surface area contributed by atoms with Gasteiger partial charge in [0, 0.05) is 17.6 Å². The summed E-state index contributed by atoms with van der Waals surface area (Å²) in [4.78, 5) is 4.82. The largest absolute Gasteiger partial charge is 0.394 e. The Morgan fingerprint density at radius 3 is 2.47 bits per heavy atom. The van der Waals surface area contributed by atoms with Crippen molar-refractivity contribution in [3.8, 4) is 0 Å². The Morgan fingerprint density at radius 2 is 2.00 bits per heavy atom. The first-order valence-electron chi connectivity index (χ1n) is 6.66. The molecule has 4 nitrogen and oxygen atoms in total. The average Bonchev–Trinajstić information content (AvgIpc) is 2.28. The van der Waals surface area contributed by atoms with Crippen LogP contribution in [0.2, 0.25) is 0 Å². The first-order valence-corrected chi connectivity index (χ1v) is 6.66. The Morgan fingerprint density at radius 1 is 1.47 bits per heavy atom. The number of piperidine rings is 1. The lowest BCUT2D eigenvalue weighted by molar-refractivity contribution is 0.0886. The second kappa shape index (κ2) is 6.14. The fraction of sp³-hybridized carbons (Fsp3) is 1.00. The molecule has 1 saturated heterocycles. The molecule has 0 aromatic heterocycles. The Hall–Kier alpha value is -0.160. The van der Waals surface area contributed by atoms with Gasteiger partial charge in [-0.2, -0.15) is 0 Å². The van der Waals surface area contributed by atoms with E-state index in [0.717, 1.165) is 6.42 Å². The van der Waals surface area contributed by atoms with Crippen LogP contribution in [-0.4, -0.2) is 66.3 Å². The molecule has 1 heterocycles. The van der Waals surface area contributed by atoms with Crippen LogP contribution in [0.3, 0.4) is 0 Å². The maximum absolute atomic E-state index is 9.22. The maximum Gasteiger partial charge on any atom is 0.0609 e. The SMILES string of the molecule is CC(CC(C)(N)CO)N(C)C1CCN(C)CC1. The lowest BCUT2D eigenvalue weighted by Crippen LogP contribution is -2.50. The summed E-state index contributed by atoms with van der Waals surface area (Å²) in [5, 5.41) is 9.22. The van der Waals surface area contributed by atoms with Crippen LogP contribution in [-0.2, 0) is 0 Å². The van der Waals surface area contributed by atoms with Gasteiger partial charge in [-0.3, -0.25) is 0 Å². The van der Waals surface area contributed by atoms with Gasteiger partial charge in [0.25, 0.3) is 0 Å². The van der Waals surface area contributed by atoms with E-state index in [9.17, 15) is 5.11 Å². The van der Waals surface area contributed by atoms with Crippen molar-refractivity contribution in [2.24, 2.45) is 5.73 Å². The van der Waals surface area contributed by atoms with Crippen molar-refractivity contribution < 1.29 is 5.11 Å². The zero-order valence-electron chi connectivity index (χ0n) is 11.8. The van der Waals surface area contributed by atoms with Gasteiger partial charge in [0.2, 0.25) is 0 Å². The third-order valence-electron chi connectivity index (χ3n) is 4.08. The highest BCUT2D eigenvalue weighted by Gasteiger charge is 2.28. The number of rotatable bonds is 5. The average molecular weight is 243 g/mol. The fourth-order valence-electron chi connectivity index (χ4n) is 2.65. The number of hydrogen-bond acceptors (Lipinski definition) is 4. The number of nitrogens with zero attached hydrogens (tertiary/aromatic N) is 2. The zero-order valence-corrected chi connectivity index (χ0v) is 11.8. The maximum atomic E-state index is 9.22. The lowest BCUT2D eigenvalue weighted by Gasteiger charge is -2.40. The van der Waals surface area contributed by atoms with E-state index in [-0.39, 0.29) is 6.61 Å². The third kappa shape index (κ3) is 4.54. The van der Waals surface area contributed by atoms with E-state index >= 15 is 0 Å². The van der Waals surface area contributed by atoms with Crippen LogP contribution in [0.1, 0.15) is 33.1 Å². The first-order chi connectivity index (χ1) is 7.85. The Bertz CT molecular complexity index is 225. The molecule has 2 unspecified atom stereocenters. The van der Waals surface area contributed by atoms with E-state index in [1.807, 2.05) is 6.92 Å². The van der Waals surface area contributed by atoms with Crippen molar-refractivity contribution >= 4 is 0 Å². The van der Waals surface area contributed by atoms with E-state index in [4.69, 9.17) is 5.73 Å². The van der Waals surface area contributed by atoms with Crippen LogP contribution >= 0.6 is 0 Å². The summed E-state index contributed by atoms with van der Waals surface area (Å²) in [5.41, 5.74) is 5.56. The molecule has 1 aliphatic heterocycles. The molecule has 1 rings (SSSR count). The zero-order chi connectivity index (χ0) is 13.1. The molecule has 3 N–H and O–H groups in total. The molecule has 0 aromatic rings. The summed E-state index contributed by atoms with van der Waals surface area (Å²) in [6.07, 6.45) is 3.31. The summed E-state index contributed by atoms with van der Waals surface area (Å²) in [5.74, 6) is 0. The van der Waals surface area contributed by atoms with Crippen LogP contribution in [0.25, 0.3) is 0 Å². The van der Waals surface area contributed by atoms with E-state index in [1.54, 1.807) is 0 Å². The van der Waals surface area contributed by atoms with Crippen molar-refractivity contribution in [2.45, 2.75) is 50.7 Å². The molecule has 102 valence electrons. The standard InChI is InChI=1S/C13H29N3O/c1-11(9-13(2,14)10-17)16(4)12-5-7-15(3)8-6-12/h11-12,17H,5-10,14H2,1-4H3. The van der Waals surface area contributed by atoms with Gasteiger partial charge < -0.3 is 20.6 Å². The molecule has 4 heteroatoms. The molecule has 1 fully saturated rings. The Labute approximate surface area is 106 Å². The van der Waals surface area contributed by atoms with Gasteiger partial charge in [-0.15, -0.1) is 0 Å². The molecular weight excluding hydrogens is 214 g/mol. The topological polar surface area (TPSA) is 52.7 Å². The van der Waals surface area contributed by atoms with Gasteiger partial charge in [-0.1, -0.05) is 0 Å². The van der Waals surface area contributed by atoms with E-state index in [1.165, 1.54) is 25.9 Å². The van der Waals surface area contributed by atoms with Crippen molar-refractivity contribution in [3.63, 3.8) is 0 Å². The quantitative estimate of drug-likeness (QED) is 0.738. The van der Waals surface area contributed by atoms with Crippen molar-refractivity contribution in [3.05, 3.63) is 0 Å². The summed E-state index contributed by atoms with van der Waals surface area (Å²) in [7, 11) is 4.37.